The van der Waals surface area contributed by atoms with Crippen molar-refractivity contribution in [2.75, 3.05) is 0 Å². The van der Waals surface area contributed by atoms with Crippen LogP contribution in [0.5, 0.6) is 0 Å². The molecule has 2 heterocycles. The first kappa shape index (κ1) is 19.5. The number of fused-ring (bicyclic) bond motifs is 3. The molecule has 0 amide bonds. The number of benzene rings is 2. The molecule has 1 aliphatic heterocycles. The van der Waals surface area contributed by atoms with Gasteiger partial charge in [0, 0.05) is 18.1 Å². The van der Waals surface area contributed by atoms with Crippen molar-refractivity contribution in [3.05, 3.63) is 70.5 Å². The summed E-state index contributed by atoms with van der Waals surface area (Å²) >= 11 is 5.97. The Morgan fingerprint density at radius 2 is 1.90 bits per heavy atom. The predicted molar refractivity (Wildman–Crippen MR) is 123 cm³/mol. The van der Waals surface area contributed by atoms with Gasteiger partial charge in [-0.3, -0.25) is 0 Å². The maximum Gasteiger partial charge on any atom is 0.129 e. The van der Waals surface area contributed by atoms with Crippen molar-refractivity contribution in [3.8, 4) is 0 Å². The summed E-state index contributed by atoms with van der Waals surface area (Å²) in [7, 11) is 0. The molecule has 154 valence electrons. The Kier molecular flexibility index (Phi) is 5.21. The van der Waals surface area contributed by atoms with E-state index in [9.17, 15) is 5.11 Å². The third-order valence-corrected chi connectivity index (χ3v) is 6.71. The average Bonchev–Trinajstić information content (AvgIpc) is 2.76. The zero-order valence-corrected chi connectivity index (χ0v) is 17.9. The van der Waals surface area contributed by atoms with Gasteiger partial charge in [-0.05, 0) is 54.3 Å². The van der Waals surface area contributed by atoms with E-state index in [0.717, 1.165) is 49.3 Å². The fraction of sp³-hybridized carbons (Fsp3) is 0.360. The van der Waals surface area contributed by atoms with E-state index in [1.54, 1.807) is 0 Å². The maximum atomic E-state index is 10.6. The molecule has 3 aromatic rings. The Morgan fingerprint density at radius 3 is 2.67 bits per heavy atom. The van der Waals surface area contributed by atoms with Gasteiger partial charge in [0.05, 0.1) is 17.8 Å². The van der Waals surface area contributed by atoms with Gasteiger partial charge in [-0.15, -0.1) is 0 Å². The van der Waals surface area contributed by atoms with Crippen molar-refractivity contribution in [2.45, 2.75) is 57.7 Å². The third kappa shape index (κ3) is 3.59. The lowest BCUT2D eigenvalue weighted by atomic mass is 9.89. The van der Waals surface area contributed by atoms with Crippen molar-refractivity contribution in [1.29, 1.82) is 0 Å². The average molecular weight is 420 g/mol. The van der Waals surface area contributed by atoms with Crippen molar-refractivity contribution in [1.82, 2.24) is 9.88 Å². The van der Waals surface area contributed by atoms with Crippen LogP contribution in [0, 0.1) is 0 Å². The van der Waals surface area contributed by atoms with E-state index in [1.807, 2.05) is 18.3 Å². The molecule has 4 nitrogen and oxygen atoms in total. The van der Waals surface area contributed by atoms with Crippen molar-refractivity contribution in [3.63, 3.8) is 0 Å². The van der Waals surface area contributed by atoms with E-state index in [2.05, 4.69) is 47.1 Å². The van der Waals surface area contributed by atoms with E-state index in [0.29, 0.717) is 5.15 Å². The van der Waals surface area contributed by atoms with Gasteiger partial charge in [-0.1, -0.05) is 60.8 Å². The van der Waals surface area contributed by atoms with Crippen LogP contribution < -0.4 is 0 Å². The van der Waals surface area contributed by atoms with Gasteiger partial charge in [-0.25, -0.2) is 9.98 Å². The summed E-state index contributed by atoms with van der Waals surface area (Å²) in [5, 5.41) is 13.6. The molecule has 30 heavy (non-hydrogen) atoms. The second-order valence-electron chi connectivity index (χ2n) is 8.46. The molecule has 2 aliphatic rings. The molecule has 2 atom stereocenters. The highest BCUT2D eigenvalue weighted by Gasteiger charge is 2.32. The third-order valence-electron chi connectivity index (χ3n) is 6.49. The number of halogens is 1. The first-order valence-corrected chi connectivity index (χ1v) is 11.1. The number of hydrogen-bond donors (Lipinski definition) is 1. The zero-order chi connectivity index (χ0) is 20.7. The number of aliphatic hydroxyl groups excluding tert-OH is 1. The lowest BCUT2D eigenvalue weighted by Gasteiger charge is -2.41. The van der Waals surface area contributed by atoms with E-state index in [4.69, 9.17) is 16.6 Å². The second-order valence-corrected chi connectivity index (χ2v) is 8.85. The molecule has 2 aromatic carbocycles. The Morgan fingerprint density at radius 1 is 1.10 bits per heavy atom. The Balaban J connectivity index is 1.57. The number of aliphatic hydroxyl groups is 1. The lowest BCUT2D eigenvalue weighted by Crippen LogP contribution is -2.48. The number of amidine groups is 1. The van der Waals surface area contributed by atoms with E-state index >= 15 is 0 Å². The number of hydrogen-bond acceptors (Lipinski definition) is 4. The molecule has 2 unspecified atom stereocenters. The van der Waals surface area contributed by atoms with Gasteiger partial charge >= 0.3 is 0 Å². The number of aromatic nitrogens is 1. The highest BCUT2D eigenvalue weighted by atomic mass is 35.5. The zero-order valence-electron chi connectivity index (χ0n) is 17.2. The van der Waals surface area contributed by atoms with Gasteiger partial charge < -0.3 is 10.0 Å². The minimum atomic E-state index is -0.273. The van der Waals surface area contributed by atoms with Crippen LogP contribution in [0.4, 0.5) is 5.69 Å². The summed E-state index contributed by atoms with van der Waals surface area (Å²) in [5.74, 6) is 1.01. The molecule has 5 rings (SSSR count). The number of rotatable bonds is 3. The normalized spacial score (nSPS) is 21.4. The summed E-state index contributed by atoms with van der Waals surface area (Å²) in [6.45, 7) is 2.87. The van der Waals surface area contributed by atoms with Crippen LogP contribution in [0.2, 0.25) is 5.15 Å². The maximum absolute atomic E-state index is 10.6. The fourth-order valence-corrected chi connectivity index (χ4v) is 5.08. The monoisotopic (exact) mass is 419 g/mol. The van der Waals surface area contributed by atoms with Crippen LogP contribution in [0.25, 0.3) is 10.8 Å². The van der Waals surface area contributed by atoms with Crippen molar-refractivity contribution >= 4 is 33.9 Å². The van der Waals surface area contributed by atoms with Crippen molar-refractivity contribution < 1.29 is 5.11 Å². The van der Waals surface area contributed by atoms with Crippen LogP contribution in [0.15, 0.2) is 53.7 Å². The smallest absolute Gasteiger partial charge is 0.129 e. The molecule has 1 aromatic heterocycles. The van der Waals surface area contributed by atoms with Crippen LogP contribution in [0.1, 0.15) is 49.3 Å². The van der Waals surface area contributed by atoms with Gasteiger partial charge in [0.2, 0.25) is 0 Å². The molecular weight excluding hydrogens is 394 g/mol. The van der Waals surface area contributed by atoms with Crippen molar-refractivity contribution in [2.24, 2.45) is 4.99 Å². The highest BCUT2D eigenvalue weighted by molar-refractivity contribution is 6.29. The number of pyridine rings is 1. The molecule has 0 radical (unpaired) electrons. The molecule has 1 aliphatic carbocycles. The highest BCUT2D eigenvalue weighted by Crippen LogP contribution is 2.39. The molecule has 5 heteroatoms. The number of nitrogens with zero attached hydrogens (tertiary/aromatic N) is 3. The minimum Gasteiger partial charge on any atom is -0.391 e. The van der Waals surface area contributed by atoms with E-state index in [1.165, 1.54) is 28.3 Å². The molecular formula is C25H26ClN3O. The van der Waals surface area contributed by atoms with E-state index in [-0.39, 0.29) is 12.1 Å². The first-order valence-electron chi connectivity index (χ1n) is 10.7. The van der Waals surface area contributed by atoms with E-state index < -0.39 is 0 Å². The van der Waals surface area contributed by atoms with Gasteiger partial charge in [-0.2, -0.15) is 0 Å². The molecule has 0 bridgehead atoms. The summed E-state index contributed by atoms with van der Waals surface area (Å²) < 4.78 is 0. The minimum absolute atomic E-state index is 0.158. The molecule has 1 saturated carbocycles. The Hall–Kier alpha value is -2.43. The topological polar surface area (TPSA) is 48.7 Å². The largest absolute Gasteiger partial charge is 0.391 e. The Labute approximate surface area is 182 Å². The van der Waals surface area contributed by atoms with Gasteiger partial charge in [0.15, 0.2) is 0 Å². The van der Waals surface area contributed by atoms with Crippen LogP contribution in [-0.2, 0) is 13.0 Å². The second kappa shape index (κ2) is 8.01. The first-order chi connectivity index (χ1) is 14.6. The quantitative estimate of drug-likeness (QED) is 0.558. The lowest BCUT2D eigenvalue weighted by molar-refractivity contribution is 0.0471. The van der Waals surface area contributed by atoms with Gasteiger partial charge in [0.1, 0.15) is 11.0 Å². The summed E-state index contributed by atoms with van der Waals surface area (Å²) in [5.41, 5.74) is 4.71. The summed E-state index contributed by atoms with van der Waals surface area (Å²) in [4.78, 5) is 11.6. The SMILES string of the molecule is CC1=Nc2c(cc(Cc3ccc(Cl)nc3)c3ccccc23)CN1C1CCCCC1O. The fourth-order valence-electron chi connectivity index (χ4n) is 4.97. The van der Waals surface area contributed by atoms with Crippen LogP contribution in [0.3, 0.4) is 0 Å². The standard InChI is InChI=1S/C25H26ClN3O/c1-16-28-25-19(15-29(16)22-8-4-5-9-23(22)30)13-18(20-6-2-3-7-21(20)25)12-17-10-11-24(26)27-14-17/h2-3,6-7,10-11,13-14,22-23,30H,4-5,8-9,12,15H2,1H3. The molecule has 1 fully saturated rings. The summed E-state index contributed by atoms with van der Waals surface area (Å²) in [6, 6.07) is 14.8. The predicted octanol–water partition coefficient (Wildman–Crippen LogP) is 5.65. The van der Waals surface area contributed by atoms with Crippen LogP contribution >= 0.6 is 11.6 Å². The number of aliphatic imine (C=N–C) groups is 1. The summed E-state index contributed by atoms with van der Waals surface area (Å²) in [6.07, 6.45) is 6.57. The Bertz CT molecular complexity index is 1110. The molecule has 0 spiro atoms. The van der Waals surface area contributed by atoms with Gasteiger partial charge in [0.25, 0.3) is 0 Å². The van der Waals surface area contributed by atoms with Crippen LogP contribution in [-0.4, -0.2) is 33.0 Å². The molecule has 0 saturated heterocycles. The molecule has 1 N–H and O–H groups in total.